The predicted octanol–water partition coefficient (Wildman–Crippen LogP) is 4.00. The van der Waals surface area contributed by atoms with Crippen LogP contribution in [-0.4, -0.2) is 48.0 Å². The van der Waals surface area contributed by atoms with Gasteiger partial charge in [-0.1, -0.05) is 28.7 Å². The normalized spacial score (nSPS) is 11.0. The first-order valence-corrected chi connectivity index (χ1v) is 11.9. The molecule has 9 nitrogen and oxygen atoms in total. The van der Waals surface area contributed by atoms with Gasteiger partial charge >= 0.3 is 0 Å². The molecule has 0 radical (unpaired) electrons. The summed E-state index contributed by atoms with van der Waals surface area (Å²) in [4.78, 5) is 16.8. The number of hydrogen-bond donors (Lipinski definition) is 2. The van der Waals surface area contributed by atoms with Gasteiger partial charge in [0.1, 0.15) is 18.1 Å². The number of aromatic nitrogens is 3. The van der Waals surface area contributed by atoms with Crippen molar-refractivity contribution in [2.24, 2.45) is 0 Å². The summed E-state index contributed by atoms with van der Waals surface area (Å²) in [5.41, 5.74) is 8.22. The number of benzene rings is 2. The topological polar surface area (TPSA) is 121 Å². The SMILES string of the molecule is CCOc1ccc(-c2nnc(NC(=O)Cc3ccc4nc(N)sc4c3)s2)c(OCCOC)c1. The number of nitrogens with one attached hydrogen (secondary N) is 1. The lowest BCUT2D eigenvalue weighted by Gasteiger charge is -2.11. The molecule has 33 heavy (non-hydrogen) atoms. The molecule has 4 rings (SSSR count). The summed E-state index contributed by atoms with van der Waals surface area (Å²) in [5.74, 6) is 1.13. The van der Waals surface area contributed by atoms with E-state index in [-0.39, 0.29) is 12.3 Å². The van der Waals surface area contributed by atoms with Crippen LogP contribution in [0, 0.1) is 0 Å². The van der Waals surface area contributed by atoms with E-state index >= 15 is 0 Å². The molecule has 11 heteroatoms. The number of carbonyl (C=O) groups excluding carboxylic acids is 1. The third-order valence-corrected chi connectivity index (χ3v) is 6.26. The Morgan fingerprint density at radius 3 is 2.79 bits per heavy atom. The second kappa shape index (κ2) is 10.6. The largest absolute Gasteiger partial charge is 0.494 e. The van der Waals surface area contributed by atoms with Gasteiger partial charge in [0.2, 0.25) is 11.0 Å². The molecule has 0 atom stereocenters. The van der Waals surface area contributed by atoms with Crippen LogP contribution in [0.15, 0.2) is 36.4 Å². The Hall–Kier alpha value is -3.28. The fourth-order valence-corrected chi connectivity index (χ4v) is 4.71. The van der Waals surface area contributed by atoms with Gasteiger partial charge in [0.15, 0.2) is 10.1 Å². The molecule has 4 aromatic rings. The maximum atomic E-state index is 12.6. The lowest BCUT2D eigenvalue weighted by atomic mass is 10.1. The number of anilines is 2. The maximum Gasteiger partial charge on any atom is 0.230 e. The molecule has 1 amide bonds. The summed E-state index contributed by atoms with van der Waals surface area (Å²) < 4.78 is 17.5. The molecule has 3 N–H and O–H groups in total. The molecule has 0 saturated carbocycles. The van der Waals surface area contributed by atoms with Gasteiger partial charge in [-0.3, -0.25) is 4.79 Å². The van der Waals surface area contributed by atoms with Gasteiger partial charge in [-0.05, 0) is 36.8 Å². The summed E-state index contributed by atoms with van der Waals surface area (Å²) in [6.45, 7) is 3.31. The Balaban J connectivity index is 1.46. The number of fused-ring (bicyclic) bond motifs is 1. The highest BCUT2D eigenvalue weighted by Crippen LogP contribution is 2.36. The van der Waals surface area contributed by atoms with Crippen molar-refractivity contribution in [1.29, 1.82) is 0 Å². The molecule has 0 aliphatic heterocycles. The second-order valence-electron chi connectivity index (χ2n) is 6.92. The molecular formula is C22H23N5O4S2. The first kappa shape index (κ1) is 22.9. The van der Waals surface area contributed by atoms with E-state index in [2.05, 4.69) is 20.5 Å². The Morgan fingerprint density at radius 1 is 1.09 bits per heavy atom. The van der Waals surface area contributed by atoms with Crippen molar-refractivity contribution in [2.45, 2.75) is 13.3 Å². The molecule has 0 aliphatic rings. The molecular weight excluding hydrogens is 462 g/mol. The minimum absolute atomic E-state index is 0.183. The van der Waals surface area contributed by atoms with Crippen LogP contribution in [0.1, 0.15) is 12.5 Å². The first-order chi connectivity index (χ1) is 16.1. The van der Waals surface area contributed by atoms with Crippen LogP contribution in [0.25, 0.3) is 20.8 Å². The number of nitrogen functional groups attached to an aromatic ring is 1. The molecule has 2 aromatic carbocycles. The first-order valence-electron chi connectivity index (χ1n) is 10.2. The Kier molecular flexibility index (Phi) is 7.33. The monoisotopic (exact) mass is 485 g/mol. The Bertz CT molecular complexity index is 1260. The van der Waals surface area contributed by atoms with Gasteiger partial charge in [-0.25, -0.2) is 4.98 Å². The molecule has 2 heterocycles. The summed E-state index contributed by atoms with van der Waals surface area (Å²) in [6, 6.07) is 11.2. The van der Waals surface area contributed by atoms with Crippen LogP contribution in [0.5, 0.6) is 11.5 Å². The fraction of sp³-hybridized carbons (Fsp3) is 0.273. The van der Waals surface area contributed by atoms with Crippen LogP contribution in [0.3, 0.4) is 0 Å². The van der Waals surface area contributed by atoms with E-state index in [0.29, 0.717) is 46.6 Å². The molecule has 0 unspecified atom stereocenters. The zero-order chi connectivity index (χ0) is 23.2. The number of nitrogens with two attached hydrogens (primary N) is 1. The van der Waals surface area contributed by atoms with E-state index in [1.807, 2.05) is 43.3 Å². The number of methoxy groups -OCH3 is 1. The van der Waals surface area contributed by atoms with E-state index < -0.39 is 0 Å². The molecule has 0 saturated heterocycles. The summed E-state index contributed by atoms with van der Waals surface area (Å²) in [7, 11) is 1.62. The molecule has 0 fully saturated rings. The molecule has 0 bridgehead atoms. The third kappa shape index (κ3) is 5.75. The fourth-order valence-electron chi connectivity index (χ4n) is 3.12. The number of nitrogens with zero attached hydrogens (tertiary/aromatic N) is 3. The zero-order valence-electron chi connectivity index (χ0n) is 18.2. The third-order valence-electron chi connectivity index (χ3n) is 4.54. The minimum Gasteiger partial charge on any atom is -0.494 e. The van der Waals surface area contributed by atoms with Gasteiger partial charge in [0.05, 0.1) is 35.4 Å². The quantitative estimate of drug-likeness (QED) is 0.323. The molecule has 2 aromatic heterocycles. The lowest BCUT2D eigenvalue weighted by Crippen LogP contribution is -2.14. The number of rotatable bonds is 10. The van der Waals surface area contributed by atoms with Gasteiger partial charge in [-0.2, -0.15) is 0 Å². The standard InChI is InChI=1S/C22H23N5O4S2/c1-3-30-14-5-6-15(17(12-14)31-9-8-29-2)20-26-27-22(33-20)25-19(28)11-13-4-7-16-18(10-13)32-21(23)24-16/h4-7,10,12H,3,8-9,11H2,1-2H3,(H2,23,24)(H,25,27,28). The number of carbonyl (C=O) groups is 1. The smallest absolute Gasteiger partial charge is 0.230 e. The number of amides is 1. The van der Waals surface area contributed by atoms with Crippen molar-refractivity contribution in [3.63, 3.8) is 0 Å². The highest BCUT2D eigenvalue weighted by Gasteiger charge is 2.15. The van der Waals surface area contributed by atoms with E-state index in [9.17, 15) is 4.79 Å². The Morgan fingerprint density at radius 2 is 1.97 bits per heavy atom. The molecule has 0 aliphatic carbocycles. The summed E-state index contributed by atoms with van der Waals surface area (Å²) in [6.07, 6.45) is 0.205. The minimum atomic E-state index is -0.183. The van der Waals surface area contributed by atoms with Gasteiger partial charge < -0.3 is 25.3 Å². The summed E-state index contributed by atoms with van der Waals surface area (Å²) in [5, 5.41) is 12.7. The lowest BCUT2D eigenvalue weighted by molar-refractivity contribution is -0.115. The predicted molar refractivity (Wildman–Crippen MR) is 130 cm³/mol. The van der Waals surface area contributed by atoms with Crippen molar-refractivity contribution < 1.29 is 19.0 Å². The second-order valence-corrected chi connectivity index (χ2v) is 8.96. The van der Waals surface area contributed by atoms with E-state index in [4.69, 9.17) is 19.9 Å². The molecule has 0 spiro atoms. The van der Waals surface area contributed by atoms with Crippen LogP contribution < -0.4 is 20.5 Å². The van der Waals surface area contributed by atoms with E-state index in [1.54, 1.807) is 7.11 Å². The van der Waals surface area contributed by atoms with Gasteiger partial charge in [0.25, 0.3) is 0 Å². The zero-order valence-corrected chi connectivity index (χ0v) is 19.8. The summed E-state index contributed by atoms with van der Waals surface area (Å²) >= 11 is 2.67. The van der Waals surface area contributed by atoms with Crippen molar-refractivity contribution in [3.05, 3.63) is 42.0 Å². The van der Waals surface area contributed by atoms with Crippen LogP contribution in [-0.2, 0) is 16.0 Å². The van der Waals surface area contributed by atoms with E-state index in [0.717, 1.165) is 21.3 Å². The van der Waals surface area contributed by atoms with Crippen molar-refractivity contribution >= 4 is 49.1 Å². The van der Waals surface area contributed by atoms with Crippen molar-refractivity contribution in [2.75, 3.05) is 38.0 Å². The number of thiazole rings is 1. The van der Waals surface area contributed by atoms with Crippen molar-refractivity contribution in [3.8, 4) is 22.1 Å². The highest BCUT2D eigenvalue weighted by molar-refractivity contribution is 7.22. The maximum absolute atomic E-state index is 12.6. The number of hydrogen-bond acceptors (Lipinski definition) is 10. The van der Waals surface area contributed by atoms with E-state index in [1.165, 1.54) is 22.7 Å². The average molecular weight is 486 g/mol. The van der Waals surface area contributed by atoms with Crippen LogP contribution in [0.2, 0.25) is 0 Å². The Labute approximate surface area is 198 Å². The molecule has 172 valence electrons. The van der Waals surface area contributed by atoms with Crippen LogP contribution in [0.4, 0.5) is 10.3 Å². The number of ether oxygens (including phenoxy) is 3. The average Bonchev–Trinajstić information content (AvgIpc) is 3.39. The van der Waals surface area contributed by atoms with Crippen LogP contribution >= 0.6 is 22.7 Å². The highest BCUT2D eigenvalue weighted by atomic mass is 32.1. The van der Waals surface area contributed by atoms with Gasteiger partial charge in [0, 0.05) is 13.2 Å². The van der Waals surface area contributed by atoms with Crippen molar-refractivity contribution in [1.82, 2.24) is 15.2 Å². The van der Waals surface area contributed by atoms with Gasteiger partial charge in [-0.15, -0.1) is 10.2 Å².